The Morgan fingerprint density at radius 1 is 0.909 bits per heavy atom. The van der Waals surface area contributed by atoms with Gasteiger partial charge in [-0.1, -0.05) is 48.5 Å². The van der Waals surface area contributed by atoms with Crippen LogP contribution in [-0.2, 0) is 31.0 Å². The van der Waals surface area contributed by atoms with Crippen LogP contribution < -0.4 is 10.0 Å². The first-order valence-electron chi connectivity index (χ1n) is 9.60. The number of carbonyl (C=O) groups excluding carboxylic acids is 3. The molecule has 1 amide bonds. The Balaban J connectivity index is 1.67. The summed E-state index contributed by atoms with van der Waals surface area (Å²) >= 11 is 1.63. The van der Waals surface area contributed by atoms with Gasteiger partial charge in [0.1, 0.15) is 6.61 Å². The monoisotopic (exact) mass is 578 g/mol. The van der Waals surface area contributed by atoms with Crippen LogP contribution in [0.3, 0.4) is 0 Å². The van der Waals surface area contributed by atoms with Gasteiger partial charge >= 0.3 is 5.97 Å². The van der Waals surface area contributed by atoms with E-state index in [2.05, 4.69) is 5.32 Å². The lowest BCUT2D eigenvalue weighted by Crippen LogP contribution is -2.43. The molecule has 1 atom stereocenters. The number of sulfonamides is 1. The number of ether oxygens (including phenoxy) is 1. The standard InChI is InChI=1S/C23H19IN2O6S/c24-23(16-27,22(29)32-15-17-7-3-1-4-8-17)25-19-11-13-20(14-12-19)33(30,31)26-21(28)18-9-5-2-6-10-18/h1-14,16,25H,15H2,(H,26,28). The van der Waals surface area contributed by atoms with Crippen molar-refractivity contribution in [3.63, 3.8) is 0 Å². The number of halogens is 1. The number of amides is 1. The summed E-state index contributed by atoms with van der Waals surface area (Å²) in [5.41, 5.74) is 1.28. The predicted molar refractivity (Wildman–Crippen MR) is 130 cm³/mol. The number of anilines is 1. The number of hydrogen-bond donors (Lipinski definition) is 2. The van der Waals surface area contributed by atoms with Crippen LogP contribution in [0, 0.1) is 0 Å². The van der Waals surface area contributed by atoms with Gasteiger partial charge in [0, 0.05) is 11.3 Å². The van der Waals surface area contributed by atoms with Crippen molar-refractivity contribution in [3.05, 3.63) is 96.1 Å². The normalized spacial score (nSPS) is 12.8. The van der Waals surface area contributed by atoms with Crippen molar-refractivity contribution in [2.24, 2.45) is 0 Å². The van der Waals surface area contributed by atoms with E-state index in [1.54, 1.807) is 65.1 Å². The summed E-state index contributed by atoms with van der Waals surface area (Å²) in [6, 6.07) is 22.2. The molecule has 0 aliphatic heterocycles. The van der Waals surface area contributed by atoms with E-state index >= 15 is 0 Å². The molecule has 170 valence electrons. The summed E-state index contributed by atoms with van der Waals surface area (Å²) in [5.74, 6) is -1.56. The molecule has 0 aliphatic rings. The number of alkyl halides is 1. The molecule has 0 radical (unpaired) electrons. The lowest BCUT2D eigenvalue weighted by Gasteiger charge is -2.22. The van der Waals surface area contributed by atoms with Gasteiger partial charge in [-0.25, -0.2) is 17.9 Å². The van der Waals surface area contributed by atoms with Crippen LogP contribution in [0.1, 0.15) is 15.9 Å². The predicted octanol–water partition coefficient (Wildman–Crippen LogP) is 3.29. The van der Waals surface area contributed by atoms with E-state index in [1.807, 2.05) is 10.8 Å². The highest BCUT2D eigenvalue weighted by Gasteiger charge is 2.37. The minimum atomic E-state index is -4.12. The second-order valence-corrected chi connectivity index (χ2v) is 10.2. The average molecular weight is 578 g/mol. The number of rotatable bonds is 9. The van der Waals surface area contributed by atoms with Crippen molar-refractivity contribution in [3.8, 4) is 0 Å². The molecule has 10 heteroatoms. The fourth-order valence-corrected chi connectivity index (χ4v) is 4.15. The molecule has 0 saturated carbocycles. The van der Waals surface area contributed by atoms with Crippen molar-refractivity contribution in [2.75, 3.05) is 5.32 Å². The molecule has 0 fully saturated rings. The highest BCUT2D eigenvalue weighted by molar-refractivity contribution is 14.1. The zero-order valence-electron chi connectivity index (χ0n) is 17.1. The second kappa shape index (κ2) is 10.6. The van der Waals surface area contributed by atoms with Gasteiger partial charge in [-0.05, 0) is 64.6 Å². The lowest BCUT2D eigenvalue weighted by atomic mass is 10.2. The van der Waals surface area contributed by atoms with E-state index in [1.165, 1.54) is 36.4 Å². The molecular weight excluding hydrogens is 559 g/mol. The number of nitrogens with one attached hydrogen (secondary N) is 2. The Hall–Kier alpha value is -3.25. The van der Waals surface area contributed by atoms with E-state index in [0.717, 1.165) is 5.56 Å². The molecule has 0 aliphatic carbocycles. The van der Waals surface area contributed by atoms with Crippen LogP contribution in [0.15, 0.2) is 89.8 Å². The third-order valence-corrected chi connectivity index (χ3v) is 6.74. The molecule has 3 aromatic carbocycles. The first-order valence-corrected chi connectivity index (χ1v) is 12.2. The smallest absolute Gasteiger partial charge is 0.350 e. The third kappa shape index (κ3) is 6.39. The average Bonchev–Trinajstić information content (AvgIpc) is 2.83. The number of benzene rings is 3. The summed E-state index contributed by atoms with van der Waals surface area (Å²) in [6.45, 7) is -0.00175. The Morgan fingerprint density at radius 3 is 2.06 bits per heavy atom. The molecule has 2 N–H and O–H groups in total. The van der Waals surface area contributed by atoms with Crippen molar-refractivity contribution < 1.29 is 27.5 Å². The molecule has 33 heavy (non-hydrogen) atoms. The van der Waals surface area contributed by atoms with Crippen LogP contribution in [0.4, 0.5) is 5.69 Å². The second-order valence-electron chi connectivity index (χ2n) is 6.84. The van der Waals surface area contributed by atoms with Crippen molar-refractivity contribution in [1.82, 2.24) is 4.72 Å². The maximum atomic E-state index is 12.5. The van der Waals surface area contributed by atoms with Crippen molar-refractivity contribution >= 4 is 56.5 Å². The minimum absolute atomic E-state index is 0.00175. The third-order valence-electron chi connectivity index (χ3n) is 4.43. The molecule has 3 aromatic rings. The molecule has 0 bridgehead atoms. The highest BCUT2D eigenvalue weighted by Crippen LogP contribution is 2.24. The number of esters is 1. The largest absolute Gasteiger partial charge is 0.458 e. The van der Waals surface area contributed by atoms with Gasteiger partial charge in [-0.15, -0.1) is 0 Å². The minimum Gasteiger partial charge on any atom is -0.458 e. The fraction of sp³-hybridized carbons (Fsp3) is 0.0870. The van der Waals surface area contributed by atoms with Gasteiger partial charge < -0.3 is 10.1 Å². The first-order chi connectivity index (χ1) is 15.7. The molecular formula is C23H19IN2O6S. The van der Waals surface area contributed by atoms with Crippen LogP contribution in [0.2, 0.25) is 0 Å². The van der Waals surface area contributed by atoms with E-state index in [9.17, 15) is 22.8 Å². The van der Waals surface area contributed by atoms with Crippen LogP contribution in [0.5, 0.6) is 0 Å². The zero-order chi connectivity index (χ0) is 23.9. The van der Waals surface area contributed by atoms with Gasteiger partial charge in [-0.3, -0.25) is 9.59 Å². The lowest BCUT2D eigenvalue weighted by molar-refractivity contribution is -0.147. The molecule has 8 nitrogen and oxygen atoms in total. The van der Waals surface area contributed by atoms with Crippen molar-refractivity contribution in [1.29, 1.82) is 0 Å². The zero-order valence-corrected chi connectivity index (χ0v) is 20.1. The Kier molecular flexibility index (Phi) is 7.82. The number of carbonyl (C=O) groups is 3. The van der Waals surface area contributed by atoms with E-state index < -0.39 is 25.4 Å². The summed E-state index contributed by atoms with van der Waals surface area (Å²) in [7, 11) is -4.12. The van der Waals surface area contributed by atoms with Gasteiger partial charge in [0.05, 0.1) is 4.90 Å². The van der Waals surface area contributed by atoms with E-state index in [4.69, 9.17) is 4.74 Å². The van der Waals surface area contributed by atoms with Gasteiger partial charge in [-0.2, -0.15) is 0 Å². The van der Waals surface area contributed by atoms with Gasteiger partial charge in [0.15, 0.2) is 6.29 Å². The first kappa shape index (κ1) is 24.4. The summed E-state index contributed by atoms with van der Waals surface area (Å²) in [4.78, 5) is 36.2. The highest BCUT2D eigenvalue weighted by atomic mass is 127. The fourth-order valence-electron chi connectivity index (χ4n) is 2.71. The number of aldehydes is 1. The molecule has 0 spiro atoms. The van der Waals surface area contributed by atoms with Crippen molar-refractivity contribution in [2.45, 2.75) is 15.0 Å². The molecule has 0 saturated heterocycles. The van der Waals surface area contributed by atoms with Crippen LogP contribution >= 0.6 is 22.6 Å². The summed E-state index contributed by atoms with van der Waals surface area (Å²) in [6.07, 6.45) is 0.408. The van der Waals surface area contributed by atoms with Crippen LogP contribution in [-0.4, -0.2) is 30.1 Å². The van der Waals surface area contributed by atoms with E-state index in [0.29, 0.717) is 12.0 Å². The SMILES string of the molecule is O=CC(I)(Nc1ccc(S(=O)(=O)NC(=O)c2ccccc2)cc1)C(=O)OCc1ccccc1. The van der Waals surface area contributed by atoms with Crippen LogP contribution in [0.25, 0.3) is 0 Å². The maximum Gasteiger partial charge on any atom is 0.350 e. The Bertz CT molecular complexity index is 1230. The Labute approximate surface area is 204 Å². The molecule has 0 aromatic heterocycles. The quantitative estimate of drug-likeness (QED) is 0.1000. The molecule has 0 heterocycles. The molecule has 3 rings (SSSR count). The van der Waals surface area contributed by atoms with E-state index in [-0.39, 0.29) is 17.1 Å². The van der Waals surface area contributed by atoms with Gasteiger partial charge in [0.2, 0.25) is 3.55 Å². The number of hydrogen-bond acceptors (Lipinski definition) is 7. The summed E-state index contributed by atoms with van der Waals surface area (Å²) < 4.78 is 30.5. The Morgan fingerprint density at radius 2 is 1.48 bits per heavy atom. The topological polar surface area (TPSA) is 119 Å². The van der Waals surface area contributed by atoms with Gasteiger partial charge in [0.25, 0.3) is 15.9 Å². The molecule has 1 unspecified atom stereocenters. The summed E-state index contributed by atoms with van der Waals surface area (Å²) in [5, 5.41) is 2.75. The maximum absolute atomic E-state index is 12.5.